The first-order chi connectivity index (χ1) is 9.69. The number of rotatable bonds is 5. The van der Waals surface area contributed by atoms with Gasteiger partial charge in [-0.15, -0.1) is 0 Å². The van der Waals surface area contributed by atoms with Crippen molar-refractivity contribution >= 4 is 5.91 Å². The molecule has 4 heteroatoms. The molecule has 1 amide bonds. The molecule has 0 atom stereocenters. The van der Waals surface area contributed by atoms with Crippen LogP contribution in [0, 0.1) is 5.82 Å². The Balaban J connectivity index is 1.82. The largest absolute Gasteiger partial charge is 0.497 e. The second-order valence-electron chi connectivity index (χ2n) is 4.36. The molecule has 0 saturated heterocycles. The third-order valence-electron chi connectivity index (χ3n) is 2.96. The molecule has 0 aliphatic rings. The second kappa shape index (κ2) is 6.70. The fourth-order valence-electron chi connectivity index (χ4n) is 1.82. The molecule has 1 N–H and O–H groups in total. The molecule has 104 valence electrons. The topological polar surface area (TPSA) is 38.3 Å². The molecule has 0 spiro atoms. The Kier molecular flexibility index (Phi) is 4.71. The molecule has 0 saturated carbocycles. The zero-order valence-corrected chi connectivity index (χ0v) is 11.2. The zero-order valence-electron chi connectivity index (χ0n) is 11.2. The maximum atomic E-state index is 12.7. The summed E-state index contributed by atoms with van der Waals surface area (Å²) in [6.45, 7) is 0.530. The molecule has 0 bridgehead atoms. The Hall–Kier alpha value is -2.36. The third kappa shape index (κ3) is 3.82. The van der Waals surface area contributed by atoms with Gasteiger partial charge in [-0.1, -0.05) is 12.1 Å². The predicted molar refractivity (Wildman–Crippen MR) is 75.4 cm³/mol. The SMILES string of the molecule is COc1ccc(CCNC(=O)c2ccc(F)cc2)cc1. The number of methoxy groups -OCH3 is 1. The van der Waals surface area contributed by atoms with Crippen LogP contribution in [0.25, 0.3) is 0 Å². The smallest absolute Gasteiger partial charge is 0.251 e. The third-order valence-corrected chi connectivity index (χ3v) is 2.96. The fourth-order valence-corrected chi connectivity index (χ4v) is 1.82. The number of ether oxygens (including phenoxy) is 1. The molecule has 0 fully saturated rings. The van der Waals surface area contributed by atoms with Gasteiger partial charge in [-0.2, -0.15) is 0 Å². The van der Waals surface area contributed by atoms with Crippen LogP contribution in [0.2, 0.25) is 0 Å². The Bertz CT molecular complexity index is 564. The number of carbonyl (C=O) groups is 1. The van der Waals surface area contributed by atoms with Gasteiger partial charge in [-0.3, -0.25) is 4.79 Å². The van der Waals surface area contributed by atoms with Gasteiger partial charge in [0.25, 0.3) is 5.91 Å². The number of amides is 1. The number of nitrogens with one attached hydrogen (secondary N) is 1. The molecule has 0 aromatic heterocycles. The first kappa shape index (κ1) is 14.1. The summed E-state index contributed by atoms with van der Waals surface area (Å²) in [6, 6.07) is 13.2. The molecule has 2 aromatic rings. The average Bonchev–Trinajstić information content (AvgIpc) is 2.48. The maximum Gasteiger partial charge on any atom is 0.251 e. The van der Waals surface area contributed by atoms with Crippen LogP contribution < -0.4 is 10.1 Å². The van der Waals surface area contributed by atoms with Gasteiger partial charge in [0.15, 0.2) is 0 Å². The van der Waals surface area contributed by atoms with Crippen LogP contribution in [0.1, 0.15) is 15.9 Å². The van der Waals surface area contributed by atoms with Gasteiger partial charge in [0, 0.05) is 12.1 Å². The number of benzene rings is 2. The predicted octanol–water partition coefficient (Wildman–Crippen LogP) is 2.81. The first-order valence-electron chi connectivity index (χ1n) is 6.36. The Morgan fingerprint density at radius 2 is 1.75 bits per heavy atom. The highest BCUT2D eigenvalue weighted by Gasteiger charge is 2.04. The lowest BCUT2D eigenvalue weighted by molar-refractivity contribution is 0.0954. The molecule has 2 aromatic carbocycles. The highest BCUT2D eigenvalue weighted by molar-refractivity contribution is 5.94. The van der Waals surface area contributed by atoms with Gasteiger partial charge in [-0.25, -0.2) is 4.39 Å². The van der Waals surface area contributed by atoms with Crippen LogP contribution in [0.5, 0.6) is 5.75 Å². The molecule has 0 radical (unpaired) electrons. The van der Waals surface area contributed by atoms with Crippen molar-refractivity contribution in [2.75, 3.05) is 13.7 Å². The van der Waals surface area contributed by atoms with Crippen LogP contribution >= 0.6 is 0 Å². The second-order valence-corrected chi connectivity index (χ2v) is 4.36. The van der Waals surface area contributed by atoms with E-state index in [9.17, 15) is 9.18 Å². The van der Waals surface area contributed by atoms with E-state index in [0.717, 1.165) is 17.7 Å². The van der Waals surface area contributed by atoms with E-state index >= 15 is 0 Å². The van der Waals surface area contributed by atoms with Gasteiger partial charge < -0.3 is 10.1 Å². The van der Waals surface area contributed by atoms with Gasteiger partial charge in [0.2, 0.25) is 0 Å². The molecule has 0 aliphatic heterocycles. The molecular formula is C16H16FNO2. The Labute approximate surface area is 117 Å². The summed E-state index contributed by atoms with van der Waals surface area (Å²) in [5.74, 6) is 0.266. The highest BCUT2D eigenvalue weighted by Crippen LogP contribution is 2.11. The van der Waals surface area contributed by atoms with Crippen molar-refractivity contribution in [1.82, 2.24) is 5.32 Å². The van der Waals surface area contributed by atoms with Crippen molar-refractivity contribution in [1.29, 1.82) is 0 Å². The van der Waals surface area contributed by atoms with E-state index in [4.69, 9.17) is 4.74 Å². The zero-order chi connectivity index (χ0) is 14.4. The van der Waals surface area contributed by atoms with Crippen molar-refractivity contribution in [3.8, 4) is 5.75 Å². The number of carbonyl (C=O) groups excluding carboxylic acids is 1. The van der Waals surface area contributed by atoms with Gasteiger partial charge in [0.05, 0.1) is 7.11 Å². The Morgan fingerprint density at radius 3 is 2.35 bits per heavy atom. The summed E-state index contributed by atoms with van der Waals surface area (Å²) >= 11 is 0. The number of hydrogen-bond donors (Lipinski definition) is 1. The summed E-state index contributed by atoms with van der Waals surface area (Å²) in [4.78, 5) is 11.8. The van der Waals surface area contributed by atoms with E-state index < -0.39 is 0 Å². The molecule has 2 rings (SSSR count). The molecule has 0 unspecified atom stereocenters. The van der Waals surface area contributed by atoms with Gasteiger partial charge in [0.1, 0.15) is 11.6 Å². The standard InChI is InChI=1S/C16H16FNO2/c1-20-15-8-2-12(3-9-15)10-11-18-16(19)13-4-6-14(17)7-5-13/h2-9H,10-11H2,1H3,(H,18,19). The number of halogens is 1. The summed E-state index contributed by atoms with van der Waals surface area (Å²) in [5, 5.41) is 2.80. The molecule has 3 nitrogen and oxygen atoms in total. The minimum Gasteiger partial charge on any atom is -0.497 e. The fraction of sp³-hybridized carbons (Fsp3) is 0.188. The van der Waals surface area contributed by atoms with E-state index in [1.807, 2.05) is 24.3 Å². The lowest BCUT2D eigenvalue weighted by Gasteiger charge is -2.06. The average molecular weight is 273 g/mol. The summed E-state index contributed by atoms with van der Waals surface area (Å²) in [5.41, 5.74) is 1.58. The minimum atomic E-state index is -0.347. The van der Waals surface area contributed by atoms with E-state index in [-0.39, 0.29) is 11.7 Å². The van der Waals surface area contributed by atoms with Crippen molar-refractivity contribution < 1.29 is 13.9 Å². The van der Waals surface area contributed by atoms with Crippen LogP contribution in [-0.2, 0) is 6.42 Å². The molecular weight excluding hydrogens is 257 g/mol. The maximum absolute atomic E-state index is 12.7. The molecule has 20 heavy (non-hydrogen) atoms. The van der Waals surface area contributed by atoms with E-state index in [1.54, 1.807) is 7.11 Å². The van der Waals surface area contributed by atoms with Gasteiger partial charge in [-0.05, 0) is 48.4 Å². The van der Waals surface area contributed by atoms with Crippen molar-refractivity contribution in [3.63, 3.8) is 0 Å². The molecule has 0 aliphatic carbocycles. The van der Waals surface area contributed by atoms with E-state index in [2.05, 4.69) is 5.32 Å². The quantitative estimate of drug-likeness (QED) is 0.909. The lowest BCUT2D eigenvalue weighted by atomic mass is 10.1. The van der Waals surface area contributed by atoms with E-state index in [1.165, 1.54) is 24.3 Å². The first-order valence-corrected chi connectivity index (χ1v) is 6.36. The Morgan fingerprint density at radius 1 is 1.10 bits per heavy atom. The van der Waals surface area contributed by atoms with Crippen molar-refractivity contribution in [3.05, 3.63) is 65.5 Å². The lowest BCUT2D eigenvalue weighted by Crippen LogP contribution is -2.25. The molecule has 0 heterocycles. The number of hydrogen-bond acceptors (Lipinski definition) is 2. The normalized spacial score (nSPS) is 10.1. The van der Waals surface area contributed by atoms with Crippen LogP contribution in [0.15, 0.2) is 48.5 Å². The van der Waals surface area contributed by atoms with Crippen LogP contribution in [0.4, 0.5) is 4.39 Å². The van der Waals surface area contributed by atoms with Crippen molar-refractivity contribution in [2.45, 2.75) is 6.42 Å². The minimum absolute atomic E-state index is 0.196. The summed E-state index contributed by atoms with van der Waals surface area (Å²) in [7, 11) is 1.62. The van der Waals surface area contributed by atoms with Crippen molar-refractivity contribution in [2.24, 2.45) is 0 Å². The highest BCUT2D eigenvalue weighted by atomic mass is 19.1. The van der Waals surface area contributed by atoms with E-state index in [0.29, 0.717) is 12.1 Å². The van der Waals surface area contributed by atoms with Crippen LogP contribution in [0.3, 0.4) is 0 Å². The summed E-state index contributed by atoms with van der Waals surface area (Å²) < 4.78 is 17.8. The monoisotopic (exact) mass is 273 g/mol. The van der Waals surface area contributed by atoms with Crippen LogP contribution in [-0.4, -0.2) is 19.6 Å². The van der Waals surface area contributed by atoms with Gasteiger partial charge >= 0.3 is 0 Å². The summed E-state index contributed by atoms with van der Waals surface area (Å²) in [6.07, 6.45) is 0.733.